The quantitative estimate of drug-likeness (QED) is 0.740. The molecule has 0 bridgehead atoms. The highest BCUT2D eigenvalue weighted by atomic mass is 35.5. The second kappa shape index (κ2) is 6.42. The van der Waals surface area contributed by atoms with Crippen molar-refractivity contribution in [2.45, 2.75) is 6.92 Å². The van der Waals surface area contributed by atoms with E-state index >= 15 is 0 Å². The Morgan fingerprint density at radius 2 is 1.79 bits per heavy atom. The van der Waals surface area contributed by atoms with Crippen LogP contribution in [0.25, 0.3) is 16.9 Å². The topological polar surface area (TPSA) is 51.5 Å². The standard InChI is InChI=1S/C19H16ClNO3/c1-12-15(19(22)23)11-18(13-7-9-14(24-2)10-8-13)21(12)17-6-4-3-5-16(17)20/h3-11H,1-2H3,(H,22,23). The third-order valence-electron chi connectivity index (χ3n) is 3.96. The molecule has 1 heterocycles. The van der Waals surface area contributed by atoms with Crippen LogP contribution in [0.4, 0.5) is 0 Å². The van der Waals surface area contributed by atoms with E-state index < -0.39 is 5.97 Å². The second-order valence-electron chi connectivity index (χ2n) is 5.35. The first-order valence-electron chi connectivity index (χ1n) is 7.38. The Morgan fingerprint density at radius 3 is 2.38 bits per heavy atom. The van der Waals surface area contributed by atoms with Crippen LogP contribution in [0.15, 0.2) is 54.6 Å². The van der Waals surface area contributed by atoms with Gasteiger partial charge in [0.2, 0.25) is 0 Å². The Balaban J connectivity index is 2.26. The summed E-state index contributed by atoms with van der Waals surface area (Å²) in [6, 6.07) is 16.5. The van der Waals surface area contributed by atoms with Gasteiger partial charge in [0, 0.05) is 5.69 Å². The largest absolute Gasteiger partial charge is 0.497 e. The molecule has 0 spiro atoms. The molecule has 122 valence electrons. The van der Waals surface area contributed by atoms with Gasteiger partial charge in [-0.2, -0.15) is 0 Å². The molecule has 1 aromatic heterocycles. The summed E-state index contributed by atoms with van der Waals surface area (Å²) < 4.78 is 7.05. The number of aromatic carboxylic acids is 1. The summed E-state index contributed by atoms with van der Waals surface area (Å²) in [6.45, 7) is 1.78. The predicted octanol–water partition coefficient (Wildman–Crippen LogP) is 4.81. The van der Waals surface area contributed by atoms with Crippen molar-refractivity contribution in [1.82, 2.24) is 4.57 Å². The maximum absolute atomic E-state index is 11.6. The Morgan fingerprint density at radius 1 is 1.12 bits per heavy atom. The van der Waals surface area contributed by atoms with Crippen molar-refractivity contribution in [3.8, 4) is 22.7 Å². The minimum Gasteiger partial charge on any atom is -0.497 e. The van der Waals surface area contributed by atoms with Crippen molar-refractivity contribution in [2.75, 3.05) is 7.11 Å². The fourth-order valence-electron chi connectivity index (χ4n) is 2.74. The van der Waals surface area contributed by atoms with Crippen LogP contribution in [0.2, 0.25) is 5.02 Å². The summed E-state index contributed by atoms with van der Waals surface area (Å²) in [5.41, 5.74) is 3.27. The molecule has 0 amide bonds. The van der Waals surface area contributed by atoms with E-state index in [1.165, 1.54) is 0 Å². The van der Waals surface area contributed by atoms with Crippen molar-refractivity contribution in [1.29, 1.82) is 0 Å². The third-order valence-corrected chi connectivity index (χ3v) is 4.28. The van der Waals surface area contributed by atoms with Gasteiger partial charge in [0.25, 0.3) is 0 Å². The number of halogens is 1. The van der Waals surface area contributed by atoms with Crippen molar-refractivity contribution in [3.05, 3.63) is 70.9 Å². The molecular weight excluding hydrogens is 326 g/mol. The van der Waals surface area contributed by atoms with Gasteiger partial charge in [-0.25, -0.2) is 4.79 Å². The Kier molecular flexibility index (Phi) is 4.32. The van der Waals surface area contributed by atoms with Gasteiger partial charge in [-0.1, -0.05) is 23.7 Å². The molecule has 0 fully saturated rings. The van der Waals surface area contributed by atoms with E-state index in [2.05, 4.69) is 0 Å². The molecule has 1 N–H and O–H groups in total. The zero-order valence-corrected chi connectivity index (χ0v) is 14.0. The van der Waals surface area contributed by atoms with Crippen LogP contribution in [0, 0.1) is 6.92 Å². The van der Waals surface area contributed by atoms with E-state index in [0.29, 0.717) is 10.7 Å². The summed E-state index contributed by atoms with van der Waals surface area (Å²) in [4.78, 5) is 11.6. The number of aromatic nitrogens is 1. The van der Waals surface area contributed by atoms with Crippen LogP contribution in [-0.2, 0) is 0 Å². The van der Waals surface area contributed by atoms with Gasteiger partial charge in [-0.15, -0.1) is 0 Å². The minimum atomic E-state index is -0.965. The van der Waals surface area contributed by atoms with Gasteiger partial charge in [0.15, 0.2) is 0 Å². The summed E-state index contributed by atoms with van der Waals surface area (Å²) in [7, 11) is 1.61. The Hall–Kier alpha value is -2.72. The number of nitrogens with zero attached hydrogens (tertiary/aromatic N) is 1. The number of carboxylic acid groups (broad SMARTS) is 1. The summed E-state index contributed by atoms with van der Waals surface area (Å²) in [5.74, 6) is -0.224. The van der Waals surface area contributed by atoms with Crippen LogP contribution in [0.1, 0.15) is 16.1 Å². The fraction of sp³-hybridized carbons (Fsp3) is 0.105. The van der Waals surface area contributed by atoms with Gasteiger partial charge < -0.3 is 14.4 Å². The number of hydrogen-bond donors (Lipinski definition) is 1. The molecule has 2 aromatic carbocycles. The number of para-hydroxylation sites is 1. The third kappa shape index (κ3) is 2.76. The van der Waals surface area contributed by atoms with Crippen LogP contribution >= 0.6 is 11.6 Å². The number of carbonyl (C=O) groups is 1. The van der Waals surface area contributed by atoms with Crippen molar-refractivity contribution in [2.24, 2.45) is 0 Å². The minimum absolute atomic E-state index is 0.251. The predicted molar refractivity (Wildman–Crippen MR) is 94.5 cm³/mol. The summed E-state index contributed by atoms with van der Waals surface area (Å²) in [6.07, 6.45) is 0. The number of benzene rings is 2. The lowest BCUT2D eigenvalue weighted by Gasteiger charge is -2.14. The number of ether oxygens (including phenoxy) is 1. The molecule has 0 unspecified atom stereocenters. The molecule has 0 saturated heterocycles. The van der Waals surface area contributed by atoms with Gasteiger partial charge in [0.05, 0.1) is 29.1 Å². The molecule has 0 radical (unpaired) electrons. The van der Waals surface area contributed by atoms with E-state index in [1.807, 2.05) is 47.0 Å². The maximum Gasteiger partial charge on any atom is 0.337 e. The smallest absolute Gasteiger partial charge is 0.337 e. The first-order chi connectivity index (χ1) is 11.5. The van der Waals surface area contributed by atoms with Crippen LogP contribution in [0.3, 0.4) is 0 Å². The molecule has 5 heteroatoms. The molecule has 0 atom stereocenters. The van der Waals surface area contributed by atoms with Crippen molar-refractivity contribution >= 4 is 17.6 Å². The first kappa shape index (κ1) is 16.1. The van der Waals surface area contributed by atoms with E-state index in [0.717, 1.165) is 22.7 Å². The highest BCUT2D eigenvalue weighted by molar-refractivity contribution is 6.32. The first-order valence-corrected chi connectivity index (χ1v) is 7.75. The lowest BCUT2D eigenvalue weighted by molar-refractivity contribution is 0.0696. The van der Waals surface area contributed by atoms with Crippen LogP contribution in [-0.4, -0.2) is 22.8 Å². The van der Waals surface area contributed by atoms with E-state index in [9.17, 15) is 9.90 Å². The lowest BCUT2D eigenvalue weighted by Crippen LogP contribution is -2.03. The lowest BCUT2D eigenvalue weighted by atomic mass is 10.1. The Labute approximate surface area is 144 Å². The Bertz CT molecular complexity index is 897. The zero-order chi connectivity index (χ0) is 17.3. The molecule has 4 nitrogen and oxygen atoms in total. The van der Waals surface area contributed by atoms with E-state index in [-0.39, 0.29) is 5.56 Å². The molecule has 3 rings (SSSR count). The number of rotatable bonds is 4. The van der Waals surface area contributed by atoms with E-state index in [1.54, 1.807) is 26.2 Å². The van der Waals surface area contributed by atoms with Crippen LogP contribution in [0.5, 0.6) is 5.75 Å². The molecule has 3 aromatic rings. The number of carboxylic acids is 1. The average molecular weight is 342 g/mol. The summed E-state index contributed by atoms with van der Waals surface area (Å²) in [5, 5.41) is 10.0. The van der Waals surface area contributed by atoms with Gasteiger partial charge >= 0.3 is 5.97 Å². The molecule has 0 saturated carbocycles. The van der Waals surface area contributed by atoms with Crippen molar-refractivity contribution in [3.63, 3.8) is 0 Å². The molecule has 24 heavy (non-hydrogen) atoms. The van der Waals surface area contributed by atoms with Crippen LogP contribution < -0.4 is 4.74 Å². The molecule has 0 aliphatic rings. The number of methoxy groups -OCH3 is 1. The van der Waals surface area contributed by atoms with Gasteiger partial charge in [-0.05, 0) is 55.0 Å². The highest BCUT2D eigenvalue weighted by Gasteiger charge is 2.20. The average Bonchev–Trinajstić information content (AvgIpc) is 2.93. The second-order valence-corrected chi connectivity index (χ2v) is 5.76. The molecule has 0 aliphatic heterocycles. The highest BCUT2D eigenvalue weighted by Crippen LogP contribution is 2.33. The fourth-order valence-corrected chi connectivity index (χ4v) is 2.96. The number of hydrogen-bond acceptors (Lipinski definition) is 2. The van der Waals surface area contributed by atoms with E-state index in [4.69, 9.17) is 16.3 Å². The normalized spacial score (nSPS) is 10.6. The SMILES string of the molecule is COc1ccc(-c2cc(C(=O)O)c(C)n2-c2ccccc2Cl)cc1. The monoisotopic (exact) mass is 341 g/mol. The zero-order valence-electron chi connectivity index (χ0n) is 13.3. The molecular formula is C19H16ClNO3. The van der Waals surface area contributed by atoms with Gasteiger partial charge in [0.1, 0.15) is 5.75 Å². The molecule has 0 aliphatic carbocycles. The summed E-state index contributed by atoms with van der Waals surface area (Å²) >= 11 is 6.34. The maximum atomic E-state index is 11.6. The van der Waals surface area contributed by atoms with Gasteiger partial charge in [-0.3, -0.25) is 0 Å². The van der Waals surface area contributed by atoms with Crippen molar-refractivity contribution < 1.29 is 14.6 Å².